The fourth-order valence-corrected chi connectivity index (χ4v) is 2.30. The highest BCUT2D eigenvalue weighted by atomic mass is 32.2. The first-order valence-electron chi connectivity index (χ1n) is 6.88. The van der Waals surface area contributed by atoms with Crippen LogP contribution in [0, 0.1) is 12.7 Å². The highest BCUT2D eigenvalue weighted by molar-refractivity contribution is 8.00. The molecule has 0 bridgehead atoms. The van der Waals surface area contributed by atoms with Gasteiger partial charge >= 0.3 is 0 Å². The maximum absolute atomic E-state index is 12.8. The lowest BCUT2D eigenvalue weighted by Crippen LogP contribution is -2.18. The molecule has 120 valence electrons. The summed E-state index contributed by atoms with van der Waals surface area (Å²) in [6.45, 7) is 1.91. The maximum Gasteiger partial charge on any atom is 0.235 e. The predicted molar refractivity (Wildman–Crippen MR) is 90.0 cm³/mol. The normalized spacial score (nSPS) is 10.2. The largest absolute Gasteiger partial charge is 0.325 e. The van der Waals surface area contributed by atoms with Gasteiger partial charge in [-0.15, -0.1) is 11.8 Å². The summed E-state index contributed by atoms with van der Waals surface area (Å²) < 4.78 is 12.8. The number of amides is 2. The number of carbonyl (C=O) groups excluding carboxylic acids is 2. The summed E-state index contributed by atoms with van der Waals surface area (Å²) in [6.07, 6.45) is 1.67. The van der Waals surface area contributed by atoms with Crippen LogP contribution in [0.4, 0.5) is 15.9 Å². The third-order valence-corrected chi connectivity index (χ3v) is 3.71. The maximum atomic E-state index is 12.8. The zero-order valence-electron chi connectivity index (χ0n) is 12.5. The number of rotatable bonds is 6. The van der Waals surface area contributed by atoms with Gasteiger partial charge in [0.2, 0.25) is 11.8 Å². The molecule has 0 radical (unpaired) electrons. The lowest BCUT2D eigenvalue weighted by atomic mass is 10.3. The first-order chi connectivity index (χ1) is 11.0. The first kappa shape index (κ1) is 17.0. The summed E-state index contributed by atoms with van der Waals surface area (Å²) in [7, 11) is 0. The molecule has 1 aromatic carbocycles. The van der Waals surface area contributed by atoms with Crippen molar-refractivity contribution >= 4 is 35.1 Å². The molecule has 0 spiro atoms. The Kier molecular flexibility index (Phi) is 6.10. The Balaban J connectivity index is 1.69. The molecule has 0 saturated carbocycles. The third kappa shape index (κ3) is 6.07. The molecule has 2 N–H and O–H groups in total. The zero-order valence-corrected chi connectivity index (χ0v) is 13.3. The van der Waals surface area contributed by atoms with E-state index < -0.39 is 0 Å². The van der Waals surface area contributed by atoms with Crippen LogP contribution >= 0.6 is 11.8 Å². The van der Waals surface area contributed by atoms with Crippen LogP contribution in [0.3, 0.4) is 0 Å². The molecule has 1 aromatic heterocycles. The molecule has 2 amide bonds. The van der Waals surface area contributed by atoms with Crippen molar-refractivity contribution in [1.82, 2.24) is 4.98 Å². The number of nitrogens with one attached hydrogen (secondary N) is 2. The average Bonchev–Trinajstić information content (AvgIpc) is 2.52. The Morgan fingerprint density at radius 2 is 1.70 bits per heavy atom. The molecule has 0 atom stereocenters. The van der Waals surface area contributed by atoms with Crippen LogP contribution in [0.2, 0.25) is 0 Å². The Bertz CT molecular complexity index is 615. The minimum Gasteiger partial charge on any atom is -0.325 e. The molecule has 23 heavy (non-hydrogen) atoms. The standard InChI is InChI=1S/C16H16FN3O2S/c1-11-2-7-14(18-8-11)20-16(22)10-23-9-15(21)19-13-5-3-12(17)4-6-13/h2-8H,9-10H2,1H3,(H,19,21)(H,18,20,22). The molecular formula is C16H16FN3O2S. The molecule has 0 aliphatic carbocycles. The number of thioether (sulfide) groups is 1. The second-order valence-electron chi connectivity index (χ2n) is 4.82. The van der Waals surface area contributed by atoms with E-state index in [4.69, 9.17) is 0 Å². The number of aryl methyl sites for hydroxylation is 1. The second kappa shape index (κ2) is 8.28. The summed E-state index contributed by atoms with van der Waals surface area (Å²) in [5.74, 6) is -0.0714. The third-order valence-electron chi connectivity index (χ3n) is 2.77. The van der Waals surface area contributed by atoms with Crippen molar-refractivity contribution < 1.29 is 14.0 Å². The van der Waals surface area contributed by atoms with Gasteiger partial charge in [-0.2, -0.15) is 0 Å². The van der Waals surface area contributed by atoms with Crippen LogP contribution in [0.25, 0.3) is 0 Å². The van der Waals surface area contributed by atoms with Gasteiger partial charge in [-0.3, -0.25) is 9.59 Å². The number of halogens is 1. The summed E-state index contributed by atoms with van der Waals surface area (Å²) in [5, 5.41) is 5.28. The van der Waals surface area contributed by atoms with E-state index in [0.717, 1.165) is 5.56 Å². The molecule has 2 aromatic rings. The Morgan fingerprint density at radius 3 is 2.30 bits per heavy atom. The Morgan fingerprint density at radius 1 is 1.04 bits per heavy atom. The quantitative estimate of drug-likeness (QED) is 0.853. The van der Waals surface area contributed by atoms with E-state index >= 15 is 0 Å². The number of hydrogen-bond donors (Lipinski definition) is 2. The smallest absolute Gasteiger partial charge is 0.235 e. The number of pyridine rings is 1. The number of nitrogens with zero attached hydrogens (tertiary/aromatic N) is 1. The number of aromatic nitrogens is 1. The van der Waals surface area contributed by atoms with Gasteiger partial charge in [0.05, 0.1) is 11.5 Å². The van der Waals surface area contributed by atoms with Crippen LogP contribution in [-0.4, -0.2) is 28.3 Å². The lowest BCUT2D eigenvalue weighted by molar-refractivity contribution is -0.114. The van der Waals surface area contributed by atoms with Gasteiger partial charge in [-0.05, 0) is 42.8 Å². The van der Waals surface area contributed by atoms with Crippen molar-refractivity contribution in [2.24, 2.45) is 0 Å². The second-order valence-corrected chi connectivity index (χ2v) is 5.80. The molecule has 7 heteroatoms. The van der Waals surface area contributed by atoms with Crippen molar-refractivity contribution in [2.45, 2.75) is 6.92 Å². The van der Waals surface area contributed by atoms with Crippen LogP contribution in [0.1, 0.15) is 5.56 Å². The number of carbonyl (C=O) groups is 2. The van der Waals surface area contributed by atoms with E-state index in [9.17, 15) is 14.0 Å². The van der Waals surface area contributed by atoms with Crippen LogP contribution in [0.15, 0.2) is 42.6 Å². The average molecular weight is 333 g/mol. The molecule has 0 fully saturated rings. The topological polar surface area (TPSA) is 71.1 Å². The monoisotopic (exact) mass is 333 g/mol. The number of hydrogen-bond acceptors (Lipinski definition) is 4. The van der Waals surface area contributed by atoms with E-state index in [-0.39, 0.29) is 29.1 Å². The lowest BCUT2D eigenvalue weighted by Gasteiger charge is -2.06. The zero-order chi connectivity index (χ0) is 16.7. The van der Waals surface area contributed by atoms with Gasteiger partial charge in [0.25, 0.3) is 0 Å². The van der Waals surface area contributed by atoms with Crippen molar-refractivity contribution in [3.05, 3.63) is 54.0 Å². The minimum absolute atomic E-state index is 0.131. The summed E-state index contributed by atoms with van der Waals surface area (Å²) in [4.78, 5) is 27.5. The predicted octanol–water partition coefficient (Wildman–Crippen LogP) is 2.84. The highest BCUT2D eigenvalue weighted by Crippen LogP contribution is 2.10. The molecule has 5 nitrogen and oxygen atoms in total. The van der Waals surface area contributed by atoms with E-state index in [2.05, 4.69) is 15.6 Å². The highest BCUT2D eigenvalue weighted by Gasteiger charge is 2.07. The number of anilines is 2. The van der Waals surface area contributed by atoms with Gasteiger partial charge < -0.3 is 10.6 Å². The fourth-order valence-electron chi connectivity index (χ4n) is 1.69. The van der Waals surface area contributed by atoms with E-state index in [0.29, 0.717) is 11.5 Å². The van der Waals surface area contributed by atoms with Gasteiger partial charge in [0.1, 0.15) is 11.6 Å². The Hall–Kier alpha value is -2.41. The van der Waals surface area contributed by atoms with Gasteiger partial charge in [-0.1, -0.05) is 6.07 Å². The van der Waals surface area contributed by atoms with Gasteiger partial charge in [0, 0.05) is 11.9 Å². The van der Waals surface area contributed by atoms with Crippen molar-refractivity contribution in [3.63, 3.8) is 0 Å². The summed E-state index contributed by atoms with van der Waals surface area (Å²) in [5.41, 5.74) is 1.53. The van der Waals surface area contributed by atoms with Crippen LogP contribution in [0.5, 0.6) is 0 Å². The van der Waals surface area contributed by atoms with E-state index in [1.165, 1.54) is 36.0 Å². The van der Waals surface area contributed by atoms with Crippen LogP contribution in [-0.2, 0) is 9.59 Å². The van der Waals surface area contributed by atoms with Crippen molar-refractivity contribution in [1.29, 1.82) is 0 Å². The van der Waals surface area contributed by atoms with Gasteiger partial charge in [-0.25, -0.2) is 9.37 Å². The molecule has 0 aliphatic heterocycles. The van der Waals surface area contributed by atoms with E-state index in [1.807, 2.05) is 13.0 Å². The SMILES string of the molecule is Cc1ccc(NC(=O)CSCC(=O)Nc2ccc(F)cc2)nc1. The Labute approximate surface area is 137 Å². The molecule has 0 saturated heterocycles. The van der Waals surface area contributed by atoms with Crippen molar-refractivity contribution in [2.75, 3.05) is 22.1 Å². The molecular weight excluding hydrogens is 317 g/mol. The molecule has 2 rings (SSSR count). The molecule has 0 unspecified atom stereocenters. The minimum atomic E-state index is -0.362. The summed E-state index contributed by atoms with van der Waals surface area (Å²) in [6, 6.07) is 9.07. The van der Waals surface area contributed by atoms with Gasteiger partial charge in [0.15, 0.2) is 0 Å². The summed E-state index contributed by atoms with van der Waals surface area (Å²) >= 11 is 1.19. The first-order valence-corrected chi connectivity index (χ1v) is 8.04. The van der Waals surface area contributed by atoms with E-state index in [1.54, 1.807) is 12.3 Å². The van der Waals surface area contributed by atoms with Crippen molar-refractivity contribution in [3.8, 4) is 0 Å². The fraction of sp³-hybridized carbons (Fsp3) is 0.188. The molecule has 0 aliphatic rings. The number of benzene rings is 1. The van der Waals surface area contributed by atoms with Crippen LogP contribution < -0.4 is 10.6 Å². The molecule has 1 heterocycles.